The highest BCUT2D eigenvalue weighted by molar-refractivity contribution is 5.90. The van der Waals surface area contributed by atoms with E-state index in [1.54, 1.807) is 0 Å². The third-order valence-corrected chi connectivity index (χ3v) is 2.57. The average molecular weight is 233 g/mol. The van der Waals surface area contributed by atoms with E-state index in [9.17, 15) is 4.79 Å². The molecule has 1 aromatic rings. The lowest BCUT2D eigenvalue weighted by atomic mass is 10.2. The summed E-state index contributed by atoms with van der Waals surface area (Å²) in [6, 6.07) is 9.34. The Kier molecular flexibility index (Phi) is 3.59. The summed E-state index contributed by atoms with van der Waals surface area (Å²) >= 11 is 0. The smallest absolute Gasteiger partial charge is 0.408 e. The first-order valence-electron chi connectivity index (χ1n) is 5.53. The van der Waals surface area contributed by atoms with Gasteiger partial charge in [0.25, 0.3) is 0 Å². The summed E-state index contributed by atoms with van der Waals surface area (Å²) in [5.41, 5.74) is 6.57. The lowest BCUT2D eigenvalue weighted by Gasteiger charge is -2.12. The van der Waals surface area contributed by atoms with Gasteiger partial charge in [0.15, 0.2) is 0 Å². The lowest BCUT2D eigenvalue weighted by molar-refractivity contribution is 0.138. The second kappa shape index (κ2) is 5.34. The van der Waals surface area contributed by atoms with Gasteiger partial charge in [-0.2, -0.15) is 0 Å². The summed E-state index contributed by atoms with van der Waals surface area (Å²) in [5, 5.41) is 2.68. The van der Waals surface area contributed by atoms with Crippen LogP contribution in [0, 0.1) is 0 Å². The van der Waals surface area contributed by atoms with Crippen molar-refractivity contribution in [1.29, 1.82) is 0 Å². The van der Waals surface area contributed by atoms with Crippen LogP contribution in [0.15, 0.2) is 35.3 Å². The molecule has 1 aliphatic heterocycles. The number of nitrogens with one attached hydrogen (secondary N) is 1. The van der Waals surface area contributed by atoms with Crippen molar-refractivity contribution in [3.8, 4) is 0 Å². The molecular weight excluding hydrogens is 218 g/mol. The monoisotopic (exact) mass is 233 g/mol. The summed E-state index contributed by atoms with van der Waals surface area (Å²) in [5.74, 6) is 0.474. The highest BCUT2D eigenvalue weighted by atomic mass is 16.5. The summed E-state index contributed by atoms with van der Waals surface area (Å²) in [4.78, 5) is 15.5. The van der Waals surface area contributed by atoms with Gasteiger partial charge < -0.3 is 15.8 Å². The number of amides is 1. The average Bonchev–Trinajstić information content (AvgIpc) is 2.74. The summed E-state index contributed by atoms with van der Waals surface area (Å²) in [6.07, 6.45) is 0.283. The van der Waals surface area contributed by atoms with Crippen LogP contribution in [0.25, 0.3) is 0 Å². The maximum atomic E-state index is 11.5. The molecule has 0 bridgehead atoms. The molecule has 0 saturated heterocycles. The van der Waals surface area contributed by atoms with Gasteiger partial charge in [-0.1, -0.05) is 30.3 Å². The molecule has 90 valence electrons. The Morgan fingerprint density at radius 2 is 2.24 bits per heavy atom. The first-order chi connectivity index (χ1) is 8.25. The summed E-state index contributed by atoms with van der Waals surface area (Å²) in [7, 11) is 0. The Morgan fingerprint density at radius 3 is 2.88 bits per heavy atom. The van der Waals surface area contributed by atoms with Gasteiger partial charge in [-0.05, 0) is 12.0 Å². The third-order valence-electron chi connectivity index (χ3n) is 2.57. The van der Waals surface area contributed by atoms with Gasteiger partial charge in [-0.25, -0.2) is 4.79 Å². The van der Waals surface area contributed by atoms with Gasteiger partial charge in [0.2, 0.25) is 0 Å². The van der Waals surface area contributed by atoms with Gasteiger partial charge in [0.05, 0.1) is 6.04 Å². The molecule has 0 aromatic heterocycles. The molecule has 0 radical (unpaired) electrons. The molecule has 5 heteroatoms. The second-order valence-corrected chi connectivity index (χ2v) is 3.85. The molecule has 0 aliphatic carbocycles. The number of benzene rings is 1. The Bertz CT molecular complexity index is 417. The number of nitrogens with two attached hydrogens (primary N) is 1. The van der Waals surface area contributed by atoms with Crippen molar-refractivity contribution in [2.75, 3.05) is 6.54 Å². The third kappa shape index (κ3) is 3.21. The van der Waals surface area contributed by atoms with Crippen LogP contribution in [-0.2, 0) is 11.3 Å². The van der Waals surface area contributed by atoms with Crippen molar-refractivity contribution in [2.45, 2.75) is 19.1 Å². The predicted molar refractivity (Wildman–Crippen MR) is 64.7 cm³/mol. The molecule has 1 amide bonds. The van der Waals surface area contributed by atoms with Crippen molar-refractivity contribution in [2.24, 2.45) is 10.7 Å². The van der Waals surface area contributed by atoms with Crippen molar-refractivity contribution < 1.29 is 9.53 Å². The summed E-state index contributed by atoms with van der Waals surface area (Å²) in [6.45, 7) is 0.923. The van der Waals surface area contributed by atoms with E-state index < -0.39 is 6.09 Å². The second-order valence-electron chi connectivity index (χ2n) is 3.85. The molecule has 1 aliphatic rings. The zero-order chi connectivity index (χ0) is 12.1. The standard InChI is InChI=1S/C12H15N3O2/c13-11-10(6-7-14-11)15-12(16)17-8-9-4-2-1-3-5-9/h1-5,10H,6-8H2,(H2,13,14)(H,15,16). The van der Waals surface area contributed by atoms with Crippen molar-refractivity contribution in [3.63, 3.8) is 0 Å². The molecule has 1 aromatic carbocycles. The minimum atomic E-state index is -0.459. The number of carbonyl (C=O) groups is 1. The highest BCUT2D eigenvalue weighted by Crippen LogP contribution is 2.04. The van der Waals surface area contributed by atoms with E-state index in [1.165, 1.54) is 0 Å². The van der Waals surface area contributed by atoms with Crippen LogP contribution in [-0.4, -0.2) is 24.5 Å². The quantitative estimate of drug-likeness (QED) is 0.819. The Morgan fingerprint density at radius 1 is 1.47 bits per heavy atom. The van der Waals surface area contributed by atoms with Gasteiger partial charge in [0, 0.05) is 6.54 Å². The minimum Gasteiger partial charge on any atom is -0.445 e. The molecular formula is C12H15N3O2. The number of hydrogen-bond acceptors (Lipinski definition) is 4. The normalized spacial score (nSPS) is 18.6. The van der Waals surface area contributed by atoms with Crippen LogP contribution in [0.4, 0.5) is 4.79 Å². The van der Waals surface area contributed by atoms with E-state index in [4.69, 9.17) is 10.5 Å². The number of rotatable bonds is 3. The fourth-order valence-electron chi connectivity index (χ4n) is 1.63. The minimum absolute atomic E-state index is 0.182. The number of hydrogen-bond donors (Lipinski definition) is 2. The molecule has 0 spiro atoms. The van der Waals surface area contributed by atoms with E-state index in [-0.39, 0.29) is 12.6 Å². The predicted octanol–water partition coefficient (Wildman–Crippen LogP) is 1.04. The lowest BCUT2D eigenvalue weighted by Crippen LogP contribution is -2.42. The van der Waals surface area contributed by atoms with Gasteiger partial charge in [0.1, 0.15) is 12.4 Å². The molecule has 1 heterocycles. The fourth-order valence-corrected chi connectivity index (χ4v) is 1.63. The zero-order valence-corrected chi connectivity index (χ0v) is 9.43. The van der Waals surface area contributed by atoms with Crippen LogP contribution < -0.4 is 11.1 Å². The van der Waals surface area contributed by atoms with Gasteiger partial charge in [-0.3, -0.25) is 4.99 Å². The maximum absolute atomic E-state index is 11.5. The molecule has 17 heavy (non-hydrogen) atoms. The molecule has 2 rings (SSSR count). The van der Waals surface area contributed by atoms with E-state index in [0.717, 1.165) is 12.0 Å². The number of amidine groups is 1. The molecule has 1 atom stereocenters. The van der Waals surface area contributed by atoms with Crippen LogP contribution >= 0.6 is 0 Å². The number of nitrogens with zero attached hydrogens (tertiary/aromatic N) is 1. The van der Waals surface area contributed by atoms with Crippen LogP contribution in [0.3, 0.4) is 0 Å². The molecule has 0 fully saturated rings. The Balaban J connectivity index is 1.77. The van der Waals surface area contributed by atoms with E-state index in [2.05, 4.69) is 10.3 Å². The molecule has 5 nitrogen and oxygen atoms in total. The molecule has 0 saturated carbocycles. The van der Waals surface area contributed by atoms with Gasteiger partial charge >= 0.3 is 6.09 Å². The number of carbonyl (C=O) groups excluding carboxylic acids is 1. The van der Waals surface area contributed by atoms with Crippen LogP contribution in [0.2, 0.25) is 0 Å². The van der Waals surface area contributed by atoms with Crippen molar-refractivity contribution in [3.05, 3.63) is 35.9 Å². The number of alkyl carbamates (subject to hydrolysis) is 1. The fraction of sp³-hybridized carbons (Fsp3) is 0.333. The van der Waals surface area contributed by atoms with E-state index in [0.29, 0.717) is 12.4 Å². The SMILES string of the molecule is NC1=NCCC1NC(=O)OCc1ccccc1. The van der Waals surface area contributed by atoms with Crippen molar-refractivity contribution >= 4 is 11.9 Å². The maximum Gasteiger partial charge on any atom is 0.408 e. The highest BCUT2D eigenvalue weighted by Gasteiger charge is 2.20. The number of ether oxygens (including phenoxy) is 1. The molecule has 3 N–H and O–H groups in total. The largest absolute Gasteiger partial charge is 0.445 e. The first-order valence-corrected chi connectivity index (χ1v) is 5.53. The van der Waals surface area contributed by atoms with Crippen molar-refractivity contribution in [1.82, 2.24) is 5.32 Å². The van der Waals surface area contributed by atoms with Gasteiger partial charge in [-0.15, -0.1) is 0 Å². The Hall–Kier alpha value is -2.04. The molecule has 1 unspecified atom stereocenters. The number of aliphatic imine (C=N–C) groups is 1. The topological polar surface area (TPSA) is 76.7 Å². The van der Waals surface area contributed by atoms with Crippen LogP contribution in [0.1, 0.15) is 12.0 Å². The first kappa shape index (κ1) is 11.4. The van der Waals surface area contributed by atoms with E-state index >= 15 is 0 Å². The zero-order valence-electron chi connectivity index (χ0n) is 9.43. The summed E-state index contributed by atoms with van der Waals surface area (Å²) < 4.78 is 5.08. The van der Waals surface area contributed by atoms with Crippen LogP contribution in [0.5, 0.6) is 0 Å². The Labute approximate surface area is 99.7 Å². The van der Waals surface area contributed by atoms with E-state index in [1.807, 2.05) is 30.3 Å².